The lowest BCUT2D eigenvalue weighted by Crippen LogP contribution is -2.57. The number of aliphatic hydroxyl groups is 1. The molecule has 1 aromatic rings. The van der Waals surface area contributed by atoms with E-state index >= 15 is 0 Å². The van der Waals surface area contributed by atoms with Crippen molar-refractivity contribution in [3.63, 3.8) is 0 Å². The quantitative estimate of drug-likeness (QED) is 0.828. The normalized spacial score (nSPS) is 25.6. The van der Waals surface area contributed by atoms with Gasteiger partial charge in [0, 0.05) is 13.1 Å². The van der Waals surface area contributed by atoms with Crippen LogP contribution in [0.15, 0.2) is 23.1 Å². The number of hydrogen-bond donors (Lipinski definition) is 2. The van der Waals surface area contributed by atoms with E-state index in [-0.39, 0.29) is 19.4 Å². The van der Waals surface area contributed by atoms with Crippen molar-refractivity contribution in [2.45, 2.75) is 37.2 Å². The molecule has 134 valence electrons. The number of carboxylic acids is 1. The zero-order valence-corrected chi connectivity index (χ0v) is 13.9. The highest BCUT2D eigenvalue weighted by Crippen LogP contribution is 2.37. The van der Waals surface area contributed by atoms with Gasteiger partial charge in [-0.05, 0) is 31.0 Å². The average molecular weight is 363 g/mol. The van der Waals surface area contributed by atoms with Gasteiger partial charge in [0.2, 0.25) is 10.0 Å². The summed E-state index contributed by atoms with van der Waals surface area (Å²) in [5, 5.41) is 19.7. The number of nitrogens with zero attached hydrogens (tertiary/aromatic N) is 1. The van der Waals surface area contributed by atoms with Crippen molar-refractivity contribution in [3.05, 3.63) is 29.8 Å². The number of rotatable bonds is 5. The summed E-state index contributed by atoms with van der Waals surface area (Å²) < 4.78 is 53.2. The van der Waals surface area contributed by atoms with E-state index in [9.17, 15) is 32.2 Å². The maximum absolute atomic E-state index is 13.9. The second-order valence-corrected chi connectivity index (χ2v) is 7.84. The second kappa shape index (κ2) is 6.73. The fourth-order valence-corrected chi connectivity index (χ4v) is 4.67. The average Bonchev–Trinajstić information content (AvgIpc) is 2.51. The number of benzene rings is 1. The summed E-state index contributed by atoms with van der Waals surface area (Å²) in [5.41, 5.74) is -1.66. The Morgan fingerprint density at radius 3 is 2.67 bits per heavy atom. The Morgan fingerprint density at radius 1 is 1.42 bits per heavy atom. The van der Waals surface area contributed by atoms with Crippen LogP contribution in [0, 0.1) is 17.0 Å². The molecule has 2 rings (SSSR count). The van der Waals surface area contributed by atoms with Gasteiger partial charge in [-0.3, -0.25) is 4.79 Å². The van der Waals surface area contributed by atoms with Crippen LogP contribution >= 0.6 is 0 Å². The third kappa shape index (κ3) is 3.15. The number of hydrogen-bond acceptors (Lipinski definition) is 4. The van der Waals surface area contributed by atoms with Crippen LogP contribution in [-0.2, 0) is 14.8 Å². The van der Waals surface area contributed by atoms with Crippen LogP contribution in [0.3, 0.4) is 0 Å². The minimum Gasteiger partial charge on any atom is -0.481 e. The minimum atomic E-state index is -4.42. The van der Waals surface area contributed by atoms with Crippen LogP contribution in [0.25, 0.3) is 0 Å². The van der Waals surface area contributed by atoms with Gasteiger partial charge in [-0.2, -0.15) is 4.31 Å². The van der Waals surface area contributed by atoms with Crippen molar-refractivity contribution < 1.29 is 32.2 Å². The van der Waals surface area contributed by atoms with E-state index in [0.29, 0.717) is 18.6 Å². The molecule has 1 saturated heterocycles. The summed E-state index contributed by atoms with van der Waals surface area (Å²) in [5.74, 6) is -3.33. The van der Waals surface area contributed by atoms with Gasteiger partial charge in [-0.25, -0.2) is 17.2 Å². The second-order valence-electron chi connectivity index (χ2n) is 5.93. The summed E-state index contributed by atoms with van der Waals surface area (Å²) >= 11 is 0. The predicted molar refractivity (Wildman–Crippen MR) is 80.7 cm³/mol. The highest BCUT2D eigenvalue weighted by atomic mass is 32.2. The third-order valence-corrected chi connectivity index (χ3v) is 6.24. The summed E-state index contributed by atoms with van der Waals surface area (Å²) in [6.07, 6.45) is -0.811. The van der Waals surface area contributed by atoms with E-state index in [1.807, 2.05) is 0 Å². The molecule has 0 radical (unpaired) electrons. The van der Waals surface area contributed by atoms with Crippen molar-refractivity contribution in [2.24, 2.45) is 5.41 Å². The number of sulfonamides is 1. The fraction of sp³-hybridized carbons (Fsp3) is 0.533. The van der Waals surface area contributed by atoms with Crippen molar-refractivity contribution >= 4 is 16.0 Å². The zero-order valence-electron chi connectivity index (χ0n) is 13.1. The van der Waals surface area contributed by atoms with Crippen molar-refractivity contribution in [1.82, 2.24) is 4.31 Å². The lowest BCUT2D eigenvalue weighted by molar-refractivity contribution is -0.161. The molecule has 0 unspecified atom stereocenters. The van der Waals surface area contributed by atoms with Gasteiger partial charge in [0.25, 0.3) is 0 Å². The molecule has 24 heavy (non-hydrogen) atoms. The summed E-state index contributed by atoms with van der Waals surface area (Å²) in [7, 11) is -4.42. The third-order valence-electron chi connectivity index (χ3n) is 4.38. The van der Waals surface area contributed by atoms with Gasteiger partial charge in [0.1, 0.15) is 21.9 Å². The molecule has 0 spiro atoms. The van der Waals surface area contributed by atoms with Gasteiger partial charge in [-0.15, -0.1) is 0 Å². The molecule has 0 amide bonds. The molecular formula is C15H19F2NO5S. The fourth-order valence-electron chi connectivity index (χ4n) is 3.07. The standard InChI is InChI=1S/C15H19F2NO5S/c1-2-6-15(14(20)21)9-18(7-5-13(15)19)24(22,23)12-8-10(16)3-4-11(12)17/h3-4,8,13,19H,2,5-7,9H2,1H3,(H,20,21)/t13-,15+/m1/s1. The van der Waals surface area contributed by atoms with Crippen LogP contribution in [0.2, 0.25) is 0 Å². The number of carbonyl (C=O) groups is 1. The van der Waals surface area contributed by atoms with E-state index in [2.05, 4.69) is 0 Å². The van der Waals surface area contributed by atoms with E-state index in [0.717, 1.165) is 10.4 Å². The monoisotopic (exact) mass is 363 g/mol. The maximum Gasteiger partial charge on any atom is 0.313 e. The predicted octanol–water partition coefficient (Wildman–Crippen LogP) is 1.59. The lowest BCUT2D eigenvalue weighted by Gasteiger charge is -2.42. The van der Waals surface area contributed by atoms with Crippen molar-refractivity contribution in [2.75, 3.05) is 13.1 Å². The molecule has 1 fully saturated rings. The SMILES string of the molecule is CCC[C@]1(C(=O)O)CN(S(=O)(=O)c2cc(F)ccc2F)CC[C@H]1O. The summed E-state index contributed by atoms with van der Waals surface area (Å²) in [4.78, 5) is 10.9. The van der Waals surface area contributed by atoms with E-state index < -0.39 is 50.6 Å². The molecule has 1 aliphatic rings. The van der Waals surface area contributed by atoms with Gasteiger partial charge in [-0.1, -0.05) is 13.3 Å². The van der Waals surface area contributed by atoms with Crippen LogP contribution in [0.1, 0.15) is 26.2 Å². The molecular weight excluding hydrogens is 344 g/mol. The first kappa shape index (κ1) is 18.8. The van der Waals surface area contributed by atoms with Crippen LogP contribution < -0.4 is 0 Å². The zero-order chi connectivity index (χ0) is 18.1. The van der Waals surface area contributed by atoms with Gasteiger partial charge in [0.05, 0.1) is 6.10 Å². The summed E-state index contributed by atoms with van der Waals surface area (Å²) in [6.45, 7) is 1.06. The first-order valence-electron chi connectivity index (χ1n) is 7.52. The molecule has 1 aromatic carbocycles. The topological polar surface area (TPSA) is 94.9 Å². The summed E-state index contributed by atoms with van der Waals surface area (Å²) in [6, 6.07) is 2.07. The maximum atomic E-state index is 13.9. The van der Waals surface area contributed by atoms with E-state index in [4.69, 9.17) is 0 Å². The Bertz CT molecular complexity index is 739. The number of halogens is 2. The van der Waals surface area contributed by atoms with Gasteiger partial charge >= 0.3 is 5.97 Å². The number of carboxylic acid groups (broad SMARTS) is 1. The van der Waals surface area contributed by atoms with Crippen molar-refractivity contribution in [3.8, 4) is 0 Å². The van der Waals surface area contributed by atoms with E-state index in [1.165, 1.54) is 0 Å². The molecule has 2 atom stereocenters. The largest absolute Gasteiger partial charge is 0.481 e. The van der Waals surface area contributed by atoms with Gasteiger partial charge < -0.3 is 10.2 Å². The Morgan fingerprint density at radius 2 is 2.08 bits per heavy atom. The molecule has 6 nitrogen and oxygen atoms in total. The Balaban J connectivity index is 2.44. The molecule has 1 heterocycles. The van der Waals surface area contributed by atoms with Crippen LogP contribution in [-0.4, -0.2) is 48.1 Å². The molecule has 2 N–H and O–H groups in total. The number of aliphatic hydroxyl groups excluding tert-OH is 1. The lowest BCUT2D eigenvalue weighted by atomic mass is 9.74. The van der Waals surface area contributed by atoms with Crippen LogP contribution in [0.5, 0.6) is 0 Å². The minimum absolute atomic E-state index is 0.0706. The smallest absolute Gasteiger partial charge is 0.313 e. The van der Waals surface area contributed by atoms with Gasteiger partial charge in [0.15, 0.2) is 0 Å². The van der Waals surface area contributed by atoms with E-state index in [1.54, 1.807) is 6.92 Å². The molecule has 0 saturated carbocycles. The Labute approximate surface area is 138 Å². The Kier molecular flexibility index (Phi) is 5.26. The molecule has 1 aliphatic heterocycles. The first-order chi connectivity index (χ1) is 11.1. The molecule has 0 aromatic heterocycles. The highest BCUT2D eigenvalue weighted by Gasteiger charge is 2.51. The van der Waals surface area contributed by atoms with Crippen molar-refractivity contribution in [1.29, 1.82) is 0 Å². The first-order valence-corrected chi connectivity index (χ1v) is 8.96. The van der Waals surface area contributed by atoms with Crippen LogP contribution in [0.4, 0.5) is 8.78 Å². The molecule has 0 aliphatic carbocycles. The molecule has 0 bridgehead atoms. The number of piperidine rings is 1. The molecule has 9 heteroatoms. The number of aliphatic carboxylic acids is 1. The highest BCUT2D eigenvalue weighted by molar-refractivity contribution is 7.89. The Hall–Kier alpha value is -1.58.